The van der Waals surface area contributed by atoms with E-state index >= 15 is 0 Å². The second kappa shape index (κ2) is 5.55. The Balaban J connectivity index is 2.29. The number of amides is 1. The van der Waals surface area contributed by atoms with E-state index in [9.17, 15) is 9.90 Å². The van der Waals surface area contributed by atoms with Crippen molar-refractivity contribution < 1.29 is 14.4 Å². The molecule has 1 aliphatic rings. The maximum absolute atomic E-state index is 12.2. The summed E-state index contributed by atoms with van der Waals surface area (Å²) in [5, 5.41) is 14.2. The maximum atomic E-state index is 12.2. The van der Waals surface area contributed by atoms with Gasteiger partial charge in [0.05, 0.1) is 0 Å². The van der Waals surface area contributed by atoms with Gasteiger partial charge in [-0.3, -0.25) is 9.69 Å². The van der Waals surface area contributed by atoms with Gasteiger partial charge in [-0.1, -0.05) is 37.5 Å². The van der Waals surface area contributed by atoms with Crippen molar-refractivity contribution >= 4 is 23.3 Å². The average molecular weight is 309 g/mol. The van der Waals surface area contributed by atoms with Crippen LogP contribution in [0.1, 0.15) is 39.4 Å². The lowest BCUT2D eigenvalue weighted by molar-refractivity contribution is -0.115. The molecular formula is C15H17ClN2O3. The number of nitrogens with zero attached hydrogens (tertiary/aromatic N) is 2. The maximum Gasteiger partial charge on any atom is 0.273 e. The minimum absolute atomic E-state index is 0.00180. The van der Waals surface area contributed by atoms with Crippen molar-refractivity contribution in [1.82, 2.24) is 5.16 Å². The number of aromatic nitrogens is 1. The first-order valence-corrected chi connectivity index (χ1v) is 6.96. The van der Waals surface area contributed by atoms with Gasteiger partial charge in [-0.2, -0.15) is 0 Å². The molecule has 112 valence electrons. The van der Waals surface area contributed by atoms with Crippen molar-refractivity contribution in [3.05, 3.63) is 22.4 Å². The van der Waals surface area contributed by atoms with Crippen LogP contribution >= 0.6 is 11.6 Å². The van der Waals surface area contributed by atoms with Gasteiger partial charge in [0.2, 0.25) is 0 Å². The van der Waals surface area contributed by atoms with Crippen LogP contribution in [0, 0.1) is 12.3 Å². The topological polar surface area (TPSA) is 66.6 Å². The van der Waals surface area contributed by atoms with Gasteiger partial charge in [0.1, 0.15) is 10.8 Å². The zero-order valence-electron chi connectivity index (χ0n) is 12.2. The van der Waals surface area contributed by atoms with Gasteiger partial charge in [0.15, 0.2) is 12.0 Å². The highest BCUT2D eigenvalue weighted by molar-refractivity contribution is 6.45. The molecule has 0 fully saturated rings. The zero-order valence-corrected chi connectivity index (χ0v) is 12.9. The van der Waals surface area contributed by atoms with E-state index in [-0.39, 0.29) is 16.3 Å². The molecule has 1 aromatic heterocycles. The fraction of sp³-hybridized carbons (Fsp3) is 0.467. The van der Waals surface area contributed by atoms with E-state index in [1.165, 1.54) is 0 Å². The number of carbonyl (C=O) groups excluding carboxylic acids is 1. The number of halogens is 1. The predicted molar refractivity (Wildman–Crippen MR) is 79.6 cm³/mol. The molecule has 0 saturated heterocycles. The minimum atomic E-state index is -1.16. The monoisotopic (exact) mass is 308 g/mol. The fourth-order valence-corrected chi connectivity index (χ4v) is 2.31. The number of carbonyl (C=O) groups is 1. The molecule has 1 N–H and O–H groups in total. The summed E-state index contributed by atoms with van der Waals surface area (Å²) >= 11 is 6.00. The van der Waals surface area contributed by atoms with Crippen molar-refractivity contribution in [3.8, 4) is 12.3 Å². The standard InChI is InChI=1S/C15H17ClN2O3/c1-5-6-7-9-12(16)14(20)18(13(9)19)11-8-10(21-17-11)15(2,3)4/h1,8,13,19H,6-7H2,2-4H3. The molecule has 1 amide bonds. The van der Waals surface area contributed by atoms with E-state index in [0.717, 1.165) is 4.90 Å². The Morgan fingerprint density at radius 2 is 2.24 bits per heavy atom. The molecule has 21 heavy (non-hydrogen) atoms. The molecule has 2 rings (SSSR count). The number of aliphatic hydroxyl groups excluding tert-OH is 1. The van der Waals surface area contributed by atoms with Gasteiger partial charge < -0.3 is 9.63 Å². The highest BCUT2D eigenvalue weighted by atomic mass is 35.5. The Hall–Kier alpha value is -1.77. The lowest BCUT2D eigenvalue weighted by atomic mass is 9.93. The zero-order chi connectivity index (χ0) is 15.8. The lowest BCUT2D eigenvalue weighted by Gasteiger charge is -2.19. The van der Waals surface area contributed by atoms with Crippen molar-refractivity contribution in [2.24, 2.45) is 0 Å². The molecule has 0 aromatic carbocycles. The van der Waals surface area contributed by atoms with Crippen LogP contribution in [-0.4, -0.2) is 22.4 Å². The van der Waals surface area contributed by atoms with Crippen LogP contribution in [0.15, 0.2) is 21.2 Å². The van der Waals surface area contributed by atoms with Crippen molar-refractivity contribution in [2.75, 3.05) is 4.90 Å². The van der Waals surface area contributed by atoms with E-state index < -0.39 is 12.1 Å². The smallest absolute Gasteiger partial charge is 0.273 e. The third-order valence-electron chi connectivity index (χ3n) is 3.27. The Kier molecular flexibility index (Phi) is 4.13. The van der Waals surface area contributed by atoms with Gasteiger partial charge >= 0.3 is 0 Å². The second-order valence-electron chi connectivity index (χ2n) is 5.89. The largest absolute Gasteiger partial charge is 0.369 e. The van der Waals surface area contributed by atoms with Gasteiger partial charge in [-0.15, -0.1) is 12.3 Å². The van der Waals surface area contributed by atoms with Crippen molar-refractivity contribution in [2.45, 2.75) is 45.3 Å². The van der Waals surface area contributed by atoms with E-state index in [2.05, 4.69) is 11.1 Å². The summed E-state index contributed by atoms with van der Waals surface area (Å²) in [7, 11) is 0. The molecule has 0 saturated carbocycles. The van der Waals surface area contributed by atoms with Crippen LogP contribution in [0.2, 0.25) is 0 Å². The number of anilines is 1. The van der Waals surface area contributed by atoms with E-state index in [0.29, 0.717) is 24.2 Å². The number of rotatable bonds is 3. The van der Waals surface area contributed by atoms with Gasteiger partial charge in [-0.25, -0.2) is 0 Å². The van der Waals surface area contributed by atoms with E-state index in [4.69, 9.17) is 22.5 Å². The molecule has 1 aliphatic heterocycles. The Labute approximate surface area is 128 Å². The molecule has 2 heterocycles. The van der Waals surface area contributed by atoms with Crippen LogP contribution in [0.25, 0.3) is 0 Å². The molecule has 0 radical (unpaired) electrons. The molecule has 0 bridgehead atoms. The third kappa shape index (κ3) is 2.82. The van der Waals surface area contributed by atoms with Crippen molar-refractivity contribution in [3.63, 3.8) is 0 Å². The number of hydrogen-bond donors (Lipinski definition) is 1. The van der Waals surface area contributed by atoms with Crippen LogP contribution < -0.4 is 4.90 Å². The van der Waals surface area contributed by atoms with E-state index in [1.807, 2.05) is 20.8 Å². The predicted octanol–water partition coefficient (Wildman–Crippen LogP) is 2.54. The molecule has 1 unspecified atom stereocenters. The summed E-state index contributed by atoms with van der Waals surface area (Å²) < 4.78 is 5.24. The average Bonchev–Trinajstić information content (AvgIpc) is 2.94. The number of hydrogen-bond acceptors (Lipinski definition) is 4. The molecule has 0 spiro atoms. The summed E-state index contributed by atoms with van der Waals surface area (Å²) in [6.45, 7) is 5.88. The Bertz CT molecular complexity index is 634. The first kappa shape index (κ1) is 15.6. The third-order valence-corrected chi connectivity index (χ3v) is 3.67. The SMILES string of the molecule is C#CCCC1=C(Cl)C(=O)N(c2cc(C(C)(C)C)on2)C1O. The molecule has 6 heteroatoms. The molecule has 1 aromatic rings. The van der Waals surface area contributed by atoms with Gasteiger partial charge in [-0.05, 0) is 6.42 Å². The Morgan fingerprint density at radius 3 is 2.76 bits per heavy atom. The number of aliphatic hydroxyl groups is 1. The summed E-state index contributed by atoms with van der Waals surface area (Å²) in [6, 6.07) is 1.63. The van der Waals surface area contributed by atoms with Crippen molar-refractivity contribution in [1.29, 1.82) is 0 Å². The van der Waals surface area contributed by atoms with Crippen LogP contribution in [0.5, 0.6) is 0 Å². The lowest BCUT2D eigenvalue weighted by Crippen LogP contribution is -2.35. The summed E-state index contributed by atoms with van der Waals surface area (Å²) in [5.74, 6) is 2.82. The van der Waals surface area contributed by atoms with E-state index in [1.54, 1.807) is 6.07 Å². The summed E-state index contributed by atoms with van der Waals surface area (Å²) in [4.78, 5) is 13.3. The molecule has 5 nitrogen and oxygen atoms in total. The van der Waals surface area contributed by atoms with Gasteiger partial charge in [0, 0.05) is 23.5 Å². The highest BCUT2D eigenvalue weighted by Crippen LogP contribution is 2.35. The molecule has 0 aliphatic carbocycles. The van der Waals surface area contributed by atoms with Crippen LogP contribution in [0.3, 0.4) is 0 Å². The number of terminal acetylenes is 1. The second-order valence-corrected chi connectivity index (χ2v) is 6.27. The first-order chi connectivity index (χ1) is 9.77. The van der Waals surface area contributed by atoms with Gasteiger partial charge in [0.25, 0.3) is 5.91 Å². The Morgan fingerprint density at radius 1 is 1.57 bits per heavy atom. The quantitative estimate of drug-likeness (QED) is 0.871. The first-order valence-electron chi connectivity index (χ1n) is 6.58. The minimum Gasteiger partial charge on any atom is -0.369 e. The highest BCUT2D eigenvalue weighted by Gasteiger charge is 2.40. The van der Waals surface area contributed by atoms with Crippen LogP contribution in [-0.2, 0) is 10.2 Å². The summed E-state index contributed by atoms with van der Waals surface area (Å²) in [6.07, 6.45) is 4.81. The van der Waals surface area contributed by atoms with Crippen LogP contribution in [0.4, 0.5) is 5.82 Å². The normalized spacial score (nSPS) is 19.3. The molecule has 1 atom stereocenters. The summed E-state index contributed by atoms with van der Waals surface area (Å²) in [5.41, 5.74) is 0.169. The molecular weight excluding hydrogens is 292 g/mol. The fourth-order valence-electron chi connectivity index (χ4n) is 2.03.